The predicted octanol–water partition coefficient (Wildman–Crippen LogP) is 1.46. The fourth-order valence-electron chi connectivity index (χ4n) is 3.04. The van der Waals surface area contributed by atoms with Crippen LogP contribution in [-0.2, 0) is 7.05 Å². The van der Waals surface area contributed by atoms with Crippen LogP contribution in [0.3, 0.4) is 0 Å². The van der Waals surface area contributed by atoms with Crippen LogP contribution in [0.1, 0.15) is 46.5 Å². The van der Waals surface area contributed by atoms with Crippen LogP contribution in [-0.4, -0.2) is 51.4 Å². The summed E-state index contributed by atoms with van der Waals surface area (Å²) < 4.78 is 7.11. The third-order valence-corrected chi connectivity index (χ3v) is 4.35. The Morgan fingerprint density at radius 2 is 2.09 bits per heavy atom. The van der Waals surface area contributed by atoms with Crippen LogP contribution in [0, 0.1) is 13.8 Å². The molecule has 23 heavy (non-hydrogen) atoms. The van der Waals surface area contributed by atoms with Gasteiger partial charge in [0, 0.05) is 33.4 Å². The molecule has 8 heteroatoms. The average molecular weight is 318 g/mol. The molecule has 124 valence electrons. The topological polar surface area (TPSA) is 80.3 Å². The minimum absolute atomic E-state index is 0.0137. The SMILES string of the molecule is Cc1nn(C)c(C)c1C(=O)N1CCCC1c1nc(N(C)C)no1. The van der Waals surface area contributed by atoms with Gasteiger partial charge in [-0.05, 0) is 31.8 Å². The summed E-state index contributed by atoms with van der Waals surface area (Å²) in [5, 5.41) is 8.29. The standard InChI is InChI=1S/C15H22N6O2/c1-9-12(10(2)20(5)17-9)14(22)21-8-6-7-11(21)13-16-15(18-23-13)19(3)4/h11H,6-8H2,1-5H3. The molecule has 2 aromatic rings. The van der Waals surface area contributed by atoms with Crippen molar-refractivity contribution < 1.29 is 9.32 Å². The molecule has 1 unspecified atom stereocenters. The van der Waals surface area contributed by atoms with Crippen molar-refractivity contribution in [3.63, 3.8) is 0 Å². The summed E-state index contributed by atoms with van der Waals surface area (Å²) in [6.07, 6.45) is 1.76. The lowest BCUT2D eigenvalue weighted by Crippen LogP contribution is -2.31. The second kappa shape index (κ2) is 5.68. The molecule has 1 aliphatic rings. The quantitative estimate of drug-likeness (QED) is 0.852. The van der Waals surface area contributed by atoms with Crippen LogP contribution in [0.5, 0.6) is 0 Å². The van der Waals surface area contributed by atoms with E-state index in [1.54, 1.807) is 9.58 Å². The maximum Gasteiger partial charge on any atom is 0.265 e. The van der Waals surface area contributed by atoms with E-state index in [0.29, 0.717) is 23.9 Å². The molecule has 0 aromatic carbocycles. The van der Waals surface area contributed by atoms with Crippen LogP contribution in [0.25, 0.3) is 0 Å². The molecule has 1 atom stereocenters. The van der Waals surface area contributed by atoms with Gasteiger partial charge in [-0.1, -0.05) is 0 Å². The van der Waals surface area contributed by atoms with Gasteiger partial charge < -0.3 is 14.3 Å². The molecule has 0 saturated carbocycles. The number of likely N-dealkylation sites (tertiary alicyclic amines) is 1. The maximum absolute atomic E-state index is 13.0. The molecule has 1 saturated heterocycles. The molecule has 0 spiro atoms. The van der Waals surface area contributed by atoms with Crippen LogP contribution in [0.2, 0.25) is 0 Å². The van der Waals surface area contributed by atoms with E-state index in [4.69, 9.17) is 4.52 Å². The first-order valence-electron chi connectivity index (χ1n) is 7.72. The zero-order chi connectivity index (χ0) is 16.7. The number of hydrogen-bond donors (Lipinski definition) is 0. The van der Waals surface area contributed by atoms with Crippen LogP contribution in [0.15, 0.2) is 4.52 Å². The molecule has 1 fully saturated rings. The first-order valence-corrected chi connectivity index (χ1v) is 7.72. The zero-order valence-electron chi connectivity index (χ0n) is 14.2. The number of hydrogen-bond acceptors (Lipinski definition) is 6. The summed E-state index contributed by atoms with van der Waals surface area (Å²) in [5.41, 5.74) is 2.30. The minimum atomic E-state index is -0.164. The summed E-state index contributed by atoms with van der Waals surface area (Å²) in [6.45, 7) is 4.47. The first-order chi connectivity index (χ1) is 10.9. The van der Waals surface area contributed by atoms with Crippen molar-refractivity contribution in [2.45, 2.75) is 32.7 Å². The number of nitrogens with zero attached hydrogens (tertiary/aromatic N) is 6. The fraction of sp³-hybridized carbons (Fsp3) is 0.600. The Labute approximate surface area is 135 Å². The van der Waals surface area contributed by atoms with Crippen molar-refractivity contribution in [3.05, 3.63) is 22.8 Å². The molecule has 3 heterocycles. The van der Waals surface area contributed by atoms with E-state index in [0.717, 1.165) is 24.2 Å². The molecule has 1 aliphatic heterocycles. The number of carbonyl (C=O) groups excluding carboxylic acids is 1. The monoisotopic (exact) mass is 318 g/mol. The lowest BCUT2D eigenvalue weighted by molar-refractivity contribution is 0.0708. The third-order valence-electron chi connectivity index (χ3n) is 4.35. The van der Waals surface area contributed by atoms with Crippen LogP contribution in [0.4, 0.5) is 5.95 Å². The van der Waals surface area contributed by atoms with E-state index in [2.05, 4.69) is 15.2 Å². The molecular weight excluding hydrogens is 296 g/mol. The minimum Gasteiger partial charge on any atom is -0.344 e. The fourth-order valence-corrected chi connectivity index (χ4v) is 3.04. The Kier molecular flexibility index (Phi) is 3.83. The van der Waals surface area contributed by atoms with Gasteiger partial charge in [0.05, 0.1) is 11.3 Å². The van der Waals surface area contributed by atoms with Crippen LogP contribution < -0.4 is 4.90 Å². The Hall–Kier alpha value is -2.38. The summed E-state index contributed by atoms with van der Waals surface area (Å²) in [4.78, 5) is 21.0. The molecule has 3 rings (SSSR count). The van der Waals surface area contributed by atoms with Crippen molar-refractivity contribution in [2.75, 3.05) is 25.5 Å². The number of rotatable bonds is 3. The number of anilines is 1. The largest absolute Gasteiger partial charge is 0.344 e. The summed E-state index contributed by atoms with van der Waals surface area (Å²) in [5.74, 6) is 1.01. The molecule has 0 aliphatic carbocycles. The molecule has 1 amide bonds. The van der Waals surface area contributed by atoms with Gasteiger partial charge in [0.2, 0.25) is 0 Å². The molecule has 8 nitrogen and oxygen atoms in total. The molecule has 0 N–H and O–H groups in total. The van der Waals surface area contributed by atoms with Crippen molar-refractivity contribution >= 4 is 11.9 Å². The van der Waals surface area contributed by atoms with Crippen molar-refractivity contribution in [1.29, 1.82) is 0 Å². The van der Waals surface area contributed by atoms with Gasteiger partial charge in [-0.25, -0.2) is 0 Å². The molecular formula is C15H22N6O2. The highest BCUT2D eigenvalue weighted by Gasteiger charge is 2.36. The molecule has 2 aromatic heterocycles. The Morgan fingerprint density at radius 3 is 2.65 bits per heavy atom. The van der Waals surface area contributed by atoms with Gasteiger partial charge in [0.15, 0.2) is 0 Å². The van der Waals surface area contributed by atoms with Gasteiger partial charge >= 0.3 is 0 Å². The van der Waals surface area contributed by atoms with Gasteiger partial charge in [-0.3, -0.25) is 9.48 Å². The Balaban J connectivity index is 1.90. The lowest BCUT2D eigenvalue weighted by atomic mass is 10.1. The van der Waals surface area contributed by atoms with E-state index in [9.17, 15) is 4.79 Å². The van der Waals surface area contributed by atoms with Gasteiger partial charge in [-0.15, -0.1) is 0 Å². The van der Waals surface area contributed by atoms with Crippen molar-refractivity contribution in [3.8, 4) is 0 Å². The van der Waals surface area contributed by atoms with Gasteiger partial charge in [0.25, 0.3) is 17.7 Å². The van der Waals surface area contributed by atoms with Crippen molar-refractivity contribution in [1.82, 2.24) is 24.8 Å². The smallest absolute Gasteiger partial charge is 0.265 e. The summed E-state index contributed by atoms with van der Waals surface area (Å²) in [6, 6.07) is -0.164. The van der Waals surface area contributed by atoms with Crippen LogP contribution >= 0.6 is 0 Å². The normalized spacial score (nSPS) is 17.8. The summed E-state index contributed by atoms with van der Waals surface area (Å²) >= 11 is 0. The van der Waals surface area contributed by atoms with E-state index in [1.165, 1.54) is 0 Å². The lowest BCUT2D eigenvalue weighted by Gasteiger charge is -2.22. The molecule has 0 bridgehead atoms. The second-order valence-corrected chi connectivity index (χ2v) is 6.15. The predicted molar refractivity (Wildman–Crippen MR) is 84.3 cm³/mol. The van der Waals surface area contributed by atoms with Crippen molar-refractivity contribution in [2.24, 2.45) is 7.05 Å². The zero-order valence-corrected chi connectivity index (χ0v) is 14.2. The van der Waals surface area contributed by atoms with E-state index in [-0.39, 0.29) is 11.9 Å². The Bertz CT molecular complexity index is 732. The highest BCUT2D eigenvalue weighted by atomic mass is 16.5. The van der Waals surface area contributed by atoms with Gasteiger partial charge in [0.1, 0.15) is 6.04 Å². The number of carbonyl (C=O) groups is 1. The third kappa shape index (κ3) is 2.58. The second-order valence-electron chi connectivity index (χ2n) is 6.15. The number of aryl methyl sites for hydroxylation is 2. The highest BCUT2D eigenvalue weighted by molar-refractivity contribution is 5.96. The maximum atomic E-state index is 13.0. The molecule has 0 radical (unpaired) electrons. The van der Waals surface area contributed by atoms with E-state index >= 15 is 0 Å². The number of aromatic nitrogens is 4. The summed E-state index contributed by atoms with van der Waals surface area (Å²) in [7, 11) is 5.56. The first kappa shape index (κ1) is 15.5. The number of amides is 1. The Morgan fingerprint density at radius 1 is 1.35 bits per heavy atom. The highest BCUT2D eigenvalue weighted by Crippen LogP contribution is 2.33. The van der Waals surface area contributed by atoms with Gasteiger partial charge in [-0.2, -0.15) is 10.1 Å². The van der Waals surface area contributed by atoms with E-state index in [1.807, 2.05) is 39.9 Å². The van der Waals surface area contributed by atoms with E-state index < -0.39 is 0 Å². The average Bonchev–Trinajstić information content (AvgIpc) is 3.19.